The normalized spacial score (nSPS) is 20.4. The number of fused-ring (bicyclic) bond motifs is 1. The Labute approximate surface area is 270 Å². The third-order valence-corrected chi connectivity index (χ3v) is 16.1. The summed E-state index contributed by atoms with van der Waals surface area (Å²) in [7, 11) is -7.54. The van der Waals surface area contributed by atoms with Crippen molar-refractivity contribution in [1.82, 2.24) is 0 Å². The molecule has 0 aromatic heterocycles. The fourth-order valence-electron chi connectivity index (χ4n) is 7.08. The molecule has 9 heteroatoms. The average Bonchev–Trinajstić information content (AvgIpc) is 3.27. The summed E-state index contributed by atoms with van der Waals surface area (Å²) in [4.78, 5) is 0. The van der Waals surface area contributed by atoms with Gasteiger partial charge in [0.25, 0.3) is 8.32 Å². The van der Waals surface area contributed by atoms with Crippen molar-refractivity contribution in [3.63, 3.8) is 0 Å². The highest BCUT2D eigenvalue weighted by Gasteiger charge is 2.52. The lowest BCUT2D eigenvalue weighted by Gasteiger charge is -2.43. The lowest BCUT2D eigenvalue weighted by molar-refractivity contribution is 0.168. The van der Waals surface area contributed by atoms with Crippen LogP contribution in [0.25, 0.3) is 6.08 Å². The molecule has 6 nitrogen and oxygen atoms in total. The molecule has 0 radical (unpaired) electrons. The van der Waals surface area contributed by atoms with E-state index in [9.17, 15) is 18.5 Å². The van der Waals surface area contributed by atoms with E-state index in [2.05, 4.69) is 58.0 Å². The monoisotopic (exact) mass is 644 g/mol. The van der Waals surface area contributed by atoms with Gasteiger partial charge in [-0.15, -0.1) is 0 Å². The van der Waals surface area contributed by atoms with E-state index in [1.807, 2.05) is 48.5 Å². The van der Waals surface area contributed by atoms with Crippen LogP contribution in [0.2, 0.25) is 11.4 Å². The van der Waals surface area contributed by atoms with Gasteiger partial charge in [0.1, 0.15) is 5.75 Å². The first-order valence-corrected chi connectivity index (χ1v) is 19.6. The smallest absolute Gasteiger partial charge is 0.456 e. The molecule has 0 spiro atoms. The van der Waals surface area contributed by atoms with E-state index in [4.69, 9.17) is 9.08 Å². The minimum absolute atomic E-state index is 0.0437. The Balaban J connectivity index is 1.50. The standard InChI is InChI=1S/C36H45BO6SSi/c1-5-12-27(23-28-17-20-30(38)21-18-28)19-22-33-35-29(26-44(40,41)34(35)24-37(39)43-33)25-42-45(36(2,3)4,31-13-8-6-9-14-31)32-15-10-7-11-16-32/h6-11,13-18,20-21,23,33-34,38-39H,5,12,19,22,24-26H2,1-4H3/b27-23+/t33-,34+/m1/s1. The molecule has 5 rings (SSSR count). The Morgan fingerprint density at radius 2 is 1.58 bits per heavy atom. The van der Waals surface area contributed by atoms with Gasteiger partial charge in [-0.25, -0.2) is 8.42 Å². The van der Waals surface area contributed by atoms with Gasteiger partial charge in [-0.05, 0) is 63.5 Å². The van der Waals surface area contributed by atoms with Gasteiger partial charge >= 0.3 is 7.12 Å². The molecular formula is C36H45BO6SSi. The average molecular weight is 645 g/mol. The summed E-state index contributed by atoms with van der Waals surface area (Å²) in [5, 5.41) is 21.6. The third-order valence-electron chi connectivity index (χ3n) is 9.09. The highest BCUT2D eigenvalue weighted by Crippen LogP contribution is 2.42. The van der Waals surface area contributed by atoms with Gasteiger partial charge in [-0.1, -0.05) is 119 Å². The number of hydrogen-bond acceptors (Lipinski definition) is 6. The van der Waals surface area contributed by atoms with Crippen LogP contribution in [0.5, 0.6) is 5.75 Å². The largest absolute Gasteiger partial charge is 0.508 e. The summed E-state index contributed by atoms with van der Waals surface area (Å²) in [6.45, 7) is 8.96. The molecular weight excluding hydrogens is 599 g/mol. The quantitative estimate of drug-likeness (QED) is 0.199. The lowest BCUT2D eigenvalue weighted by atomic mass is 9.74. The minimum atomic E-state index is -3.51. The molecule has 2 heterocycles. The Bertz CT molecular complexity index is 1580. The van der Waals surface area contributed by atoms with Crippen LogP contribution >= 0.6 is 0 Å². The molecule has 0 bridgehead atoms. The van der Waals surface area contributed by atoms with Gasteiger partial charge < -0.3 is 19.2 Å². The predicted octanol–water partition coefficient (Wildman–Crippen LogP) is 5.91. The zero-order valence-corrected chi connectivity index (χ0v) is 28.6. The molecule has 2 aliphatic rings. The Morgan fingerprint density at radius 1 is 0.978 bits per heavy atom. The van der Waals surface area contributed by atoms with Crippen LogP contribution in [0.1, 0.15) is 58.9 Å². The second-order valence-electron chi connectivity index (χ2n) is 13.3. The van der Waals surface area contributed by atoms with Crippen molar-refractivity contribution >= 4 is 41.7 Å². The van der Waals surface area contributed by atoms with Crippen molar-refractivity contribution in [2.24, 2.45) is 0 Å². The molecule has 1 saturated heterocycles. The molecule has 2 N–H and O–H groups in total. The first kappa shape index (κ1) is 33.4. The number of aromatic hydroxyl groups is 1. The van der Waals surface area contributed by atoms with Crippen LogP contribution in [-0.4, -0.2) is 57.7 Å². The maximum Gasteiger partial charge on any atom is 0.456 e. The Hall–Kier alpha value is -2.95. The fraction of sp³-hybridized carbons (Fsp3) is 0.389. The second-order valence-corrected chi connectivity index (χ2v) is 19.8. The van der Waals surface area contributed by atoms with Crippen molar-refractivity contribution in [3.8, 4) is 5.75 Å². The highest BCUT2D eigenvalue weighted by molar-refractivity contribution is 7.92. The third kappa shape index (κ3) is 7.23. The first-order valence-electron chi connectivity index (χ1n) is 15.9. The highest BCUT2D eigenvalue weighted by atomic mass is 32.2. The van der Waals surface area contributed by atoms with E-state index in [1.165, 1.54) is 5.57 Å². The van der Waals surface area contributed by atoms with Gasteiger partial charge in [0, 0.05) is 6.32 Å². The number of sulfone groups is 1. The molecule has 0 unspecified atom stereocenters. The van der Waals surface area contributed by atoms with Gasteiger partial charge in [-0.3, -0.25) is 0 Å². The number of rotatable bonds is 11. The molecule has 0 saturated carbocycles. The molecule has 2 aliphatic heterocycles. The Morgan fingerprint density at radius 3 is 2.13 bits per heavy atom. The zero-order chi connectivity index (χ0) is 32.2. The van der Waals surface area contributed by atoms with Crippen molar-refractivity contribution < 1.29 is 27.6 Å². The molecule has 0 aliphatic carbocycles. The summed E-state index contributed by atoms with van der Waals surface area (Å²) in [6, 6.07) is 27.8. The van der Waals surface area contributed by atoms with E-state index in [-0.39, 0.29) is 29.5 Å². The van der Waals surface area contributed by atoms with Gasteiger partial charge in [-0.2, -0.15) is 0 Å². The van der Waals surface area contributed by atoms with Crippen molar-refractivity contribution in [3.05, 3.63) is 107 Å². The van der Waals surface area contributed by atoms with Gasteiger partial charge in [0.05, 0.1) is 23.7 Å². The van der Waals surface area contributed by atoms with Crippen LogP contribution in [-0.2, 0) is 18.9 Å². The van der Waals surface area contributed by atoms with Crippen LogP contribution in [0.4, 0.5) is 0 Å². The number of allylic oxidation sites excluding steroid dienone is 1. The summed E-state index contributed by atoms with van der Waals surface area (Å²) in [5.74, 6) is 0.144. The molecule has 2 atom stereocenters. The number of phenols is 1. The number of phenolic OH excluding ortho intramolecular Hbond substituents is 1. The lowest BCUT2D eigenvalue weighted by Crippen LogP contribution is -2.66. The van der Waals surface area contributed by atoms with E-state index in [0.29, 0.717) is 12.8 Å². The van der Waals surface area contributed by atoms with Crippen LogP contribution < -0.4 is 10.4 Å². The molecule has 238 valence electrons. The van der Waals surface area contributed by atoms with Crippen LogP contribution in [0.3, 0.4) is 0 Å². The summed E-state index contributed by atoms with van der Waals surface area (Å²) in [6.07, 6.45) is 4.77. The summed E-state index contributed by atoms with van der Waals surface area (Å²) >= 11 is 0. The molecule has 0 amide bonds. The van der Waals surface area contributed by atoms with Crippen molar-refractivity contribution in [1.29, 1.82) is 0 Å². The fourth-order valence-corrected chi connectivity index (χ4v) is 13.7. The maximum absolute atomic E-state index is 13.6. The van der Waals surface area contributed by atoms with Crippen LogP contribution in [0, 0.1) is 0 Å². The summed E-state index contributed by atoms with van der Waals surface area (Å²) in [5.41, 5.74) is 3.76. The van der Waals surface area contributed by atoms with E-state index >= 15 is 0 Å². The summed E-state index contributed by atoms with van der Waals surface area (Å²) < 4.78 is 40.5. The van der Waals surface area contributed by atoms with E-state index in [0.717, 1.165) is 39.9 Å². The Kier molecular flexibility index (Phi) is 10.3. The van der Waals surface area contributed by atoms with E-state index in [1.54, 1.807) is 12.1 Å². The van der Waals surface area contributed by atoms with Gasteiger partial charge in [0.15, 0.2) is 9.84 Å². The maximum atomic E-state index is 13.6. The molecule has 45 heavy (non-hydrogen) atoms. The zero-order valence-electron chi connectivity index (χ0n) is 26.8. The first-order chi connectivity index (χ1) is 21.4. The minimum Gasteiger partial charge on any atom is -0.508 e. The number of hydrogen-bond donors (Lipinski definition) is 2. The van der Waals surface area contributed by atoms with Crippen molar-refractivity contribution in [2.45, 2.75) is 76.1 Å². The number of benzene rings is 3. The SMILES string of the molecule is CCC/C(=C\c1ccc(O)cc1)CC[C@H]1OB(O)C[C@H]2C1=C(CO[Si](c1ccccc1)(c1ccccc1)C(C)(C)C)CS2(=O)=O. The van der Waals surface area contributed by atoms with E-state index < -0.39 is 36.6 Å². The molecule has 1 fully saturated rings. The van der Waals surface area contributed by atoms with Gasteiger partial charge in [0.2, 0.25) is 0 Å². The topological polar surface area (TPSA) is 93.1 Å². The van der Waals surface area contributed by atoms with Crippen LogP contribution in [0.15, 0.2) is 102 Å². The molecule has 3 aromatic carbocycles. The molecule has 3 aromatic rings. The second kappa shape index (κ2) is 13.8. The van der Waals surface area contributed by atoms with Crippen molar-refractivity contribution in [2.75, 3.05) is 12.4 Å². The predicted molar refractivity (Wildman–Crippen MR) is 186 cm³/mol.